The Hall–Kier alpha value is -2.30. The summed E-state index contributed by atoms with van der Waals surface area (Å²) < 4.78 is 12.5. The maximum absolute atomic E-state index is 12.5. The third-order valence-electron chi connectivity index (χ3n) is 3.67. The molecular weight excluding hydrogens is 344 g/mol. The molecule has 0 unspecified atom stereocenters. The first-order valence-corrected chi connectivity index (χ1v) is 7.90. The van der Waals surface area contributed by atoms with Crippen molar-refractivity contribution in [1.29, 1.82) is 0 Å². The minimum Gasteiger partial charge on any atom is -0.480 e. The summed E-state index contributed by atoms with van der Waals surface area (Å²) >= 11 is 0.909. The standard InChI is InChI=1S/C13H18FN3O6S/c1-16(12-15-8-9(24-12)17(22)23)7-3-2-4-13(5-6-14,10(18)19)11(20)21/h8H,2-7H2,1H3,(H,18,19)(H,20,21)/i14-1. The number of unbranched alkanes of at least 4 members (excludes halogenated alkanes) is 1. The number of aliphatic carboxylic acids is 2. The molecule has 24 heavy (non-hydrogen) atoms. The lowest BCUT2D eigenvalue weighted by atomic mass is 9.80. The Bertz CT molecular complexity index is 594. The van der Waals surface area contributed by atoms with Crippen LogP contribution in [-0.2, 0) is 9.59 Å². The van der Waals surface area contributed by atoms with Crippen LogP contribution >= 0.6 is 11.3 Å². The van der Waals surface area contributed by atoms with Crippen molar-refractivity contribution in [3.8, 4) is 0 Å². The number of anilines is 1. The van der Waals surface area contributed by atoms with Crippen LogP contribution in [0.25, 0.3) is 0 Å². The third kappa shape index (κ3) is 4.60. The van der Waals surface area contributed by atoms with Gasteiger partial charge in [-0.2, -0.15) is 0 Å². The third-order valence-corrected chi connectivity index (χ3v) is 4.74. The molecule has 1 heterocycles. The fourth-order valence-electron chi connectivity index (χ4n) is 2.19. The molecule has 2 N–H and O–H groups in total. The summed E-state index contributed by atoms with van der Waals surface area (Å²) in [7, 11) is 1.67. The molecule has 0 spiro atoms. The highest BCUT2D eigenvalue weighted by Crippen LogP contribution is 2.31. The van der Waals surface area contributed by atoms with Gasteiger partial charge in [0.2, 0.25) is 0 Å². The topological polar surface area (TPSA) is 134 Å². The molecule has 0 radical (unpaired) electrons. The van der Waals surface area contributed by atoms with E-state index < -0.39 is 35.4 Å². The Morgan fingerprint density at radius 3 is 2.46 bits per heavy atom. The lowest BCUT2D eigenvalue weighted by molar-refractivity contribution is -0.380. The minimum absolute atomic E-state index is 0.0874. The van der Waals surface area contributed by atoms with Gasteiger partial charge in [0.25, 0.3) is 0 Å². The van der Waals surface area contributed by atoms with Crippen LogP contribution in [0.15, 0.2) is 6.20 Å². The van der Waals surface area contributed by atoms with Gasteiger partial charge in [-0.25, -0.2) is 4.98 Å². The molecule has 0 aromatic carbocycles. The van der Waals surface area contributed by atoms with E-state index in [-0.39, 0.29) is 17.8 Å². The lowest BCUT2D eigenvalue weighted by Crippen LogP contribution is -2.40. The van der Waals surface area contributed by atoms with Gasteiger partial charge >= 0.3 is 16.9 Å². The minimum atomic E-state index is -2.12. The number of alkyl halides is 1. The van der Waals surface area contributed by atoms with Crippen molar-refractivity contribution in [3.05, 3.63) is 16.3 Å². The second kappa shape index (κ2) is 8.52. The maximum Gasteiger partial charge on any atom is 0.345 e. The van der Waals surface area contributed by atoms with Crippen LogP contribution in [0.4, 0.5) is 14.5 Å². The molecule has 0 bridgehead atoms. The Morgan fingerprint density at radius 1 is 1.38 bits per heavy atom. The Balaban J connectivity index is 2.57. The van der Waals surface area contributed by atoms with Gasteiger partial charge in [-0.3, -0.25) is 24.1 Å². The summed E-state index contributed by atoms with van der Waals surface area (Å²) in [4.78, 5) is 38.1. The number of halogens is 1. The predicted octanol–water partition coefficient (Wildman–Crippen LogP) is 2.17. The monoisotopic (exact) mass is 362 g/mol. The predicted molar refractivity (Wildman–Crippen MR) is 84.2 cm³/mol. The van der Waals surface area contributed by atoms with Crippen molar-refractivity contribution in [2.45, 2.75) is 25.7 Å². The van der Waals surface area contributed by atoms with Crippen molar-refractivity contribution in [3.63, 3.8) is 0 Å². The maximum atomic E-state index is 12.5. The smallest absolute Gasteiger partial charge is 0.345 e. The first-order chi connectivity index (χ1) is 11.2. The average molecular weight is 362 g/mol. The van der Waals surface area contributed by atoms with Crippen molar-refractivity contribution in [1.82, 2.24) is 4.98 Å². The molecule has 0 saturated heterocycles. The fraction of sp³-hybridized carbons (Fsp3) is 0.615. The van der Waals surface area contributed by atoms with Crippen LogP contribution in [0.2, 0.25) is 0 Å². The zero-order chi connectivity index (χ0) is 18.3. The zero-order valence-corrected chi connectivity index (χ0v) is 13.8. The number of carboxylic acids is 2. The molecule has 1 aromatic rings. The van der Waals surface area contributed by atoms with Crippen LogP contribution in [0.5, 0.6) is 0 Å². The molecule has 0 atom stereocenters. The van der Waals surface area contributed by atoms with Crippen LogP contribution in [-0.4, -0.2) is 52.3 Å². The van der Waals surface area contributed by atoms with Gasteiger partial charge in [0, 0.05) is 20.0 Å². The van der Waals surface area contributed by atoms with Gasteiger partial charge in [0.05, 0.1) is 11.6 Å². The van der Waals surface area contributed by atoms with Crippen LogP contribution in [0, 0.1) is 15.5 Å². The number of hydrogen-bond donors (Lipinski definition) is 2. The number of hydrogen-bond acceptors (Lipinski definition) is 7. The van der Waals surface area contributed by atoms with E-state index in [2.05, 4.69) is 4.98 Å². The summed E-state index contributed by atoms with van der Waals surface area (Å²) in [6, 6.07) is 0. The molecule has 0 amide bonds. The van der Waals surface area contributed by atoms with Crippen LogP contribution in [0.3, 0.4) is 0 Å². The number of rotatable bonds is 11. The van der Waals surface area contributed by atoms with Gasteiger partial charge in [-0.1, -0.05) is 0 Å². The largest absolute Gasteiger partial charge is 0.480 e. The average Bonchev–Trinajstić information content (AvgIpc) is 2.99. The molecule has 1 rings (SSSR count). The summed E-state index contributed by atoms with van der Waals surface area (Å²) in [5.41, 5.74) is -2.12. The molecular formula is C13H18FN3O6S. The Kier molecular flexibility index (Phi) is 7.01. The summed E-state index contributed by atoms with van der Waals surface area (Å²) in [5, 5.41) is 29.2. The highest BCUT2D eigenvalue weighted by atomic mass is 32.1. The van der Waals surface area contributed by atoms with E-state index in [9.17, 15) is 24.1 Å². The first-order valence-electron chi connectivity index (χ1n) is 7.08. The molecule has 11 heteroatoms. The fourth-order valence-corrected chi connectivity index (χ4v) is 2.91. The van der Waals surface area contributed by atoms with E-state index >= 15 is 0 Å². The van der Waals surface area contributed by atoms with Crippen molar-refractivity contribution in [2.24, 2.45) is 5.41 Å². The summed E-state index contributed by atoms with van der Waals surface area (Å²) in [5.74, 6) is -3.09. The van der Waals surface area contributed by atoms with Crippen molar-refractivity contribution >= 4 is 33.4 Å². The second-order valence-corrected chi connectivity index (χ2v) is 6.24. The number of aromatic nitrogens is 1. The van der Waals surface area contributed by atoms with Gasteiger partial charge in [-0.15, -0.1) is 0 Å². The molecule has 0 aliphatic carbocycles. The molecule has 9 nitrogen and oxygen atoms in total. The Morgan fingerprint density at radius 2 is 2.00 bits per heavy atom. The molecule has 0 saturated carbocycles. The van der Waals surface area contributed by atoms with E-state index in [0.29, 0.717) is 18.1 Å². The molecule has 134 valence electrons. The van der Waals surface area contributed by atoms with Gasteiger partial charge in [0.15, 0.2) is 10.5 Å². The number of thiazole rings is 1. The van der Waals surface area contributed by atoms with E-state index in [4.69, 9.17) is 10.2 Å². The summed E-state index contributed by atoms with van der Waals surface area (Å²) in [6.07, 6.45) is 1.09. The van der Waals surface area contributed by atoms with E-state index in [1.54, 1.807) is 11.9 Å². The SMILES string of the molecule is CN(CCCCC(CC[18F])(C(=O)O)C(=O)O)c1ncc([N+](=O)[O-])s1. The van der Waals surface area contributed by atoms with Crippen molar-refractivity contribution < 1.29 is 29.1 Å². The first kappa shape index (κ1) is 19.7. The molecule has 1 aromatic heterocycles. The number of nitro groups is 1. The Labute approximate surface area is 140 Å². The van der Waals surface area contributed by atoms with Crippen molar-refractivity contribution in [2.75, 3.05) is 25.2 Å². The van der Waals surface area contributed by atoms with Gasteiger partial charge in [-0.05, 0) is 30.6 Å². The normalized spacial score (nSPS) is 11.2. The number of carbonyl (C=O) groups is 2. The molecule has 0 aliphatic heterocycles. The van der Waals surface area contributed by atoms with Crippen LogP contribution in [0.1, 0.15) is 25.7 Å². The second-order valence-electron chi connectivity index (χ2n) is 5.25. The quantitative estimate of drug-likeness (QED) is 0.265. The van der Waals surface area contributed by atoms with Gasteiger partial charge in [0.1, 0.15) is 6.20 Å². The number of nitrogens with zero attached hydrogens (tertiary/aromatic N) is 3. The molecule has 0 fully saturated rings. The highest BCUT2D eigenvalue weighted by molar-refractivity contribution is 7.18. The van der Waals surface area contributed by atoms with E-state index in [1.165, 1.54) is 0 Å². The lowest BCUT2D eigenvalue weighted by Gasteiger charge is -2.24. The van der Waals surface area contributed by atoms with Crippen LogP contribution < -0.4 is 4.90 Å². The highest BCUT2D eigenvalue weighted by Gasteiger charge is 2.45. The van der Waals surface area contributed by atoms with E-state index in [0.717, 1.165) is 17.5 Å². The molecule has 0 aliphatic rings. The van der Waals surface area contributed by atoms with Gasteiger partial charge < -0.3 is 15.1 Å². The summed E-state index contributed by atoms with van der Waals surface area (Å²) in [6.45, 7) is -0.614. The zero-order valence-electron chi connectivity index (χ0n) is 13.0. The number of carboxylic acid groups (broad SMARTS) is 2. The van der Waals surface area contributed by atoms with E-state index in [1.807, 2.05) is 0 Å².